The molecule has 1 aliphatic carbocycles. The molecule has 0 bridgehead atoms. The topological polar surface area (TPSA) is 52.0 Å². The Balaban J connectivity index is 2.36. The van der Waals surface area contributed by atoms with E-state index in [4.69, 9.17) is 11.5 Å². The maximum absolute atomic E-state index is 5.57. The second kappa shape index (κ2) is 2.87. The van der Waals surface area contributed by atoms with E-state index < -0.39 is 0 Å². The van der Waals surface area contributed by atoms with Gasteiger partial charge in [-0.15, -0.1) is 0 Å². The van der Waals surface area contributed by atoms with Crippen LogP contribution < -0.4 is 11.5 Å². The zero-order valence-electron chi connectivity index (χ0n) is 5.64. The number of hydrogen-bond donors (Lipinski definition) is 2. The van der Waals surface area contributed by atoms with E-state index in [0.29, 0.717) is 5.92 Å². The maximum atomic E-state index is 5.57. The fraction of sp³-hybridized carbons (Fsp3) is 0.714. The molecule has 52 valence electrons. The monoisotopic (exact) mass is 126 g/mol. The van der Waals surface area contributed by atoms with Gasteiger partial charge in [0.1, 0.15) is 0 Å². The van der Waals surface area contributed by atoms with Gasteiger partial charge in [-0.1, -0.05) is 6.08 Å². The Morgan fingerprint density at radius 2 is 2.44 bits per heavy atom. The summed E-state index contributed by atoms with van der Waals surface area (Å²) in [4.78, 5) is 0. The first-order valence-electron chi connectivity index (χ1n) is 3.47. The Morgan fingerprint density at radius 3 is 2.89 bits per heavy atom. The van der Waals surface area contributed by atoms with Crippen LogP contribution in [-0.2, 0) is 0 Å². The van der Waals surface area contributed by atoms with Crippen molar-refractivity contribution in [2.75, 3.05) is 6.54 Å². The van der Waals surface area contributed by atoms with Crippen LogP contribution in [-0.4, -0.2) is 6.54 Å². The van der Waals surface area contributed by atoms with Gasteiger partial charge in [-0.25, -0.2) is 0 Å². The molecule has 0 aromatic carbocycles. The highest BCUT2D eigenvalue weighted by Gasteiger charge is 2.09. The van der Waals surface area contributed by atoms with Gasteiger partial charge in [0.05, 0.1) is 0 Å². The van der Waals surface area contributed by atoms with E-state index >= 15 is 0 Å². The zero-order chi connectivity index (χ0) is 6.69. The molecule has 0 spiro atoms. The molecule has 0 aromatic heterocycles. The molecule has 0 aromatic rings. The standard InChI is InChI=1S/C7H14N2/c8-5-6-1-3-7(9)4-2-6/h3,6H,1-2,4-5,8-9H2/t6-/m1/s1. The third-order valence-corrected chi connectivity index (χ3v) is 1.89. The summed E-state index contributed by atoms with van der Waals surface area (Å²) in [5, 5.41) is 0. The molecule has 1 atom stereocenters. The molecule has 0 heterocycles. The Bertz CT molecular complexity index is 118. The van der Waals surface area contributed by atoms with Gasteiger partial charge in [0.25, 0.3) is 0 Å². The first-order chi connectivity index (χ1) is 4.33. The SMILES string of the molecule is NC[C@@H]1CC=C(N)CC1. The van der Waals surface area contributed by atoms with Crippen LogP contribution in [0, 0.1) is 5.92 Å². The highest BCUT2D eigenvalue weighted by molar-refractivity contribution is 5.01. The molecule has 0 amide bonds. The normalized spacial score (nSPS) is 27.7. The van der Waals surface area contributed by atoms with Crippen molar-refractivity contribution in [1.82, 2.24) is 0 Å². The maximum Gasteiger partial charge on any atom is 0.00401 e. The van der Waals surface area contributed by atoms with Crippen molar-refractivity contribution < 1.29 is 0 Å². The number of nitrogens with two attached hydrogens (primary N) is 2. The molecule has 0 fully saturated rings. The Labute approximate surface area is 55.9 Å². The smallest absolute Gasteiger partial charge is 0.00401 e. The molecule has 0 unspecified atom stereocenters. The minimum Gasteiger partial charge on any atom is -0.402 e. The predicted octanol–water partition coefficient (Wildman–Crippen LogP) is 0.588. The van der Waals surface area contributed by atoms with Gasteiger partial charge in [0.15, 0.2) is 0 Å². The van der Waals surface area contributed by atoms with E-state index in [1.807, 2.05) is 0 Å². The summed E-state index contributed by atoms with van der Waals surface area (Å²) in [5.41, 5.74) is 12.1. The highest BCUT2D eigenvalue weighted by atomic mass is 14.6. The van der Waals surface area contributed by atoms with Gasteiger partial charge >= 0.3 is 0 Å². The van der Waals surface area contributed by atoms with E-state index in [0.717, 1.165) is 25.1 Å². The van der Waals surface area contributed by atoms with Crippen LogP contribution >= 0.6 is 0 Å². The van der Waals surface area contributed by atoms with Crippen molar-refractivity contribution in [2.24, 2.45) is 17.4 Å². The Kier molecular flexibility index (Phi) is 2.11. The summed E-state index contributed by atoms with van der Waals surface area (Å²) in [6, 6.07) is 0. The summed E-state index contributed by atoms with van der Waals surface area (Å²) in [5.74, 6) is 0.692. The number of rotatable bonds is 1. The molecule has 9 heavy (non-hydrogen) atoms. The number of allylic oxidation sites excluding steroid dienone is 2. The molecular weight excluding hydrogens is 112 g/mol. The van der Waals surface area contributed by atoms with Crippen LogP contribution in [0.25, 0.3) is 0 Å². The first kappa shape index (κ1) is 6.62. The molecular formula is C7H14N2. The Hall–Kier alpha value is -0.500. The lowest BCUT2D eigenvalue weighted by Crippen LogP contribution is -2.18. The molecule has 0 aliphatic heterocycles. The third kappa shape index (κ3) is 1.72. The van der Waals surface area contributed by atoms with Crippen molar-refractivity contribution in [1.29, 1.82) is 0 Å². The zero-order valence-corrected chi connectivity index (χ0v) is 5.64. The van der Waals surface area contributed by atoms with Gasteiger partial charge in [-0.05, 0) is 31.7 Å². The lowest BCUT2D eigenvalue weighted by molar-refractivity contribution is 0.479. The van der Waals surface area contributed by atoms with Crippen molar-refractivity contribution in [3.63, 3.8) is 0 Å². The summed E-state index contributed by atoms with van der Waals surface area (Å²) in [7, 11) is 0. The third-order valence-electron chi connectivity index (χ3n) is 1.89. The van der Waals surface area contributed by atoms with Crippen molar-refractivity contribution in [3.05, 3.63) is 11.8 Å². The molecule has 0 saturated carbocycles. The van der Waals surface area contributed by atoms with E-state index in [1.54, 1.807) is 0 Å². The van der Waals surface area contributed by atoms with Crippen LogP contribution in [0.15, 0.2) is 11.8 Å². The molecule has 2 nitrogen and oxygen atoms in total. The van der Waals surface area contributed by atoms with Gasteiger partial charge in [-0.3, -0.25) is 0 Å². The van der Waals surface area contributed by atoms with E-state index in [9.17, 15) is 0 Å². The second-order valence-corrected chi connectivity index (χ2v) is 2.66. The van der Waals surface area contributed by atoms with Crippen LogP contribution in [0.4, 0.5) is 0 Å². The quantitative estimate of drug-likeness (QED) is 0.540. The minimum atomic E-state index is 0.692. The lowest BCUT2D eigenvalue weighted by Gasteiger charge is -2.17. The van der Waals surface area contributed by atoms with Crippen LogP contribution in [0.1, 0.15) is 19.3 Å². The second-order valence-electron chi connectivity index (χ2n) is 2.66. The summed E-state index contributed by atoms with van der Waals surface area (Å²) < 4.78 is 0. The highest BCUT2D eigenvalue weighted by Crippen LogP contribution is 2.18. The molecule has 0 radical (unpaired) electrons. The van der Waals surface area contributed by atoms with Crippen LogP contribution in [0.5, 0.6) is 0 Å². The Morgan fingerprint density at radius 1 is 1.67 bits per heavy atom. The van der Waals surface area contributed by atoms with Gasteiger partial charge in [0, 0.05) is 5.70 Å². The molecule has 2 heteroatoms. The summed E-state index contributed by atoms with van der Waals surface area (Å²) in [6.45, 7) is 0.809. The van der Waals surface area contributed by atoms with Crippen molar-refractivity contribution in [2.45, 2.75) is 19.3 Å². The molecule has 4 N–H and O–H groups in total. The fourth-order valence-electron chi connectivity index (χ4n) is 1.12. The average Bonchev–Trinajstić information content (AvgIpc) is 1.90. The lowest BCUT2D eigenvalue weighted by atomic mass is 9.93. The van der Waals surface area contributed by atoms with E-state index in [1.165, 1.54) is 6.42 Å². The van der Waals surface area contributed by atoms with Gasteiger partial charge in [0.2, 0.25) is 0 Å². The number of hydrogen-bond acceptors (Lipinski definition) is 2. The average molecular weight is 126 g/mol. The van der Waals surface area contributed by atoms with Gasteiger partial charge in [-0.2, -0.15) is 0 Å². The minimum absolute atomic E-state index is 0.692. The summed E-state index contributed by atoms with van der Waals surface area (Å²) in [6.07, 6.45) is 5.41. The largest absolute Gasteiger partial charge is 0.402 e. The molecule has 1 aliphatic rings. The summed E-state index contributed by atoms with van der Waals surface area (Å²) >= 11 is 0. The molecule has 0 saturated heterocycles. The fourth-order valence-corrected chi connectivity index (χ4v) is 1.12. The first-order valence-corrected chi connectivity index (χ1v) is 3.47. The van der Waals surface area contributed by atoms with Gasteiger partial charge < -0.3 is 11.5 Å². The van der Waals surface area contributed by atoms with Crippen LogP contribution in [0.3, 0.4) is 0 Å². The molecule has 1 rings (SSSR count). The predicted molar refractivity (Wildman–Crippen MR) is 38.7 cm³/mol. The van der Waals surface area contributed by atoms with Crippen molar-refractivity contribution in [3.8, 4) is 0 Å². The van der Waals surface area contributed by atoms with E-state index in [2.05, 4.69) is 6.08 Å². The van der Waals surface area contributed by atoms with Crippen LogP contribution in [0.2, 0.25) is 0 Å². The van der Waals surface area contributed by atoms with Crippen molar-refractivity contribution >= 4 is 0 Å². The van der Waals surface area contributed by atoms with E-state index in [-0.39, 0.29) is 0 Å².